The Labute approximate surface area is 136 Å². The zero-order valence-electron chi connectivity index (χ0n) is 13.5. The molecule has 0 aromatic carbocycles. The van der Waals surface area contributed by atoms with E-state index in [1.165, 1.54) is 5.56 Å². The van der Waals surface area contributed by atoms with E-state index < -0.39 is 0 Å². The molecular weight excluding hydrogens is 290 g/mol. The molecule has 23 heavy (non-hydrogen) atoms. The standard InChI is InChI=1S/C17H21N5O/c1-3-12-4-5-16(19-6-12)21-10-14-15(11-21)22(14)9-13-7-20-17(23-2)8-18-13/h4-8,14-15H,3,9-11H2,1-2H3. The molecule has 0 amide bonds. The highest BCUT2D eigenvalue weighted by Crippen LogP contribution is 2.38. The van der Waals surface area contributed by atoms with Crippen molar-refractivity contribution in [1.29, 1.82) is 0 Å². The van der Waals surface area contributed by atoms with E-state index in [1.807, 2.05) is 6.20 Å². The Bertz CT molecular complexity index is 660. The fourth-order valence-electron chi connectivity index (χ4n) is 3.32. The van der Waals surface area contributed by atoms with Crippen molar-refractivity contribution in [3.8, 4) is 5.88 Å². The number of hydrogen-bond acceptors (Lipinski definition) is 6. The molecule has 2 fully saturated rings. The molecule has 0 bridgehead atoms. The van der Waals surface area contributed by atoms with Gasteiger partial charge in [0.1, 0.15) is 5.82 Å². The Morgan fingerprint density at radius 2 is 1.91 bits per heavy atom. The summed E-state index contributed by atoms with van der Waals surface area (Å²) < 4.78 is 5.04. The second kappa shape index (κ2) is 5.77. The first kappa shape index (κ1) is 14.4. The molecule has 4 heterocycles. The molecule has 2 aromatic rings. The first-order chi connectivity index (χ1) is 11.3. The van der Waals surface area contributed by atoms with Gasteiger partial charge in [-0.05, 0) is 18.1 Å². The van der Waals surface area contributed by atoms with E-state index in [1.54, 1.807) is 19.5 Å². The fraction of sp³-hybridized carbons (Fsp3) is 0.471. The fourth-order valence-corrected chi connectivity index (χ4v) is 3.32. The maximum Gasteiger partial charge on any atom is 0.231 e. The van der Waals surface area contributed by atoms with Crippen molar-refractivity contribution < 1.29 is 4.74 Å². The van der Waals surface area contributed by atoms with Crippen LogP contribution in [0.1, 0.15) is 18.2 Å². The third kappa shape index (κ3) is 2.74. The summed E-state index contributed by atoms with van der Waals surface area (Å²) in [7, 11) is 1.61. The molecule has 0 radical (unpaired) electrons. The van der Waals surface area contributed by atoms with Crippen molar-refractivity contribution in [1.82, 2.24) is 19.9 Å². The molecule has 6 heteroatoms. The highest BCUT2D eigenvalue weighted by molar-refractivity contribution is 5.44. The third-order valence-electron chi connectivity index (χ3n) is 4.80. The van der Waals surface area contributed by atoms with Crippen molar-refractivity contribution in [2.24, 2.45) is 0 Å². The number of aryl methyl sites for hydroxylation is 1. The number of piperazine rings is 1. The Morgan fingerprint density at radius 3 is 2.48 bits per heavy atom. The van der Waals surface area contributed by atoms with Gasteiger partial charge in [-0.1, -0.05) is 13.0 Å². The molecule has 6 nitrogen and oxygen atoms in total. The van der Waals surface area contributed by atoms with Crippen LogP contribution in [0.25, 0.3) is 0 Å². The summed E-state index contributed by atoms with van der Waals surface area (Å²) in [6.45, 7) is 5.11. The number of aromatic nitrogens is 3. The SMILES string of the molecule is CCc1ccc(N2CC3C(C2)N3Cc2cnc(OC)cn2)nc1. The number of ether oxygens (including phenoxy) is 1. The summed E-state index contributed by atoms with van der Waals surface area (Å²) in [5.41, 5.74) is 2.29. The molecule has 0 spiro atoms. The van der Waals surface area contributed by atoms with Gasteiger partial charge in [0, 0.05) is 37.9 Å². The van der Waals surface area contributed by atoms with Crippen molar-refractivity contribution >= 4 is 5.82 Å². The zero-order valence-corrected chi connectivity index (χ0v) is 13.5. The summed E-state index contributed by atoms with van der Waals surface area (Å²) in [5.74, 6) is 1.66. The Morgan fingerprint density at radius 1 is 1.09 bits per heavy atom. The molecule has 2 saturated heterocycles. The Kier molecular flexibility index (Phi) is 3.61. The molecule has 0 aliphatic carbocycles. The second-order valence-corrected chi connectivity index (χ2v) is 6.14. The van der Waals surface area contributed by atoms with Crippen LogP contribution in [0.4, 0.5) is 5.82 Å². The predicted octanol–water partition coefficient (Wildman–Crippen LogP) is 1.52. The maximum atomic E-state index is 5.04. The molecule has 2 unspecified atom stereocenters. The topological polar surface area (TPSA) is 54.2 Å². The average Bonchev–Trinajstić information content (AvgIpc) is 3.05. The van der Waals surface area contributed by atoms with Crippen molar-refractivity contribution in [3.63, 3.8) is 0 Å². The summed E-state index contributed by atoms with van der Waals surface area (Å²) in [6, 6.07) is 5.55. The van der Waals surface area contributed by atoms with Crippen LogP contribution in [-0.4, -0.2) is 52.1 Å². The van der Waals surface area contributed by atoms with Gasteiger partial charge in [0.05, 0.1) is 25.2 Å². The van der Waals surface area contributed by atoms with Crippen molar-refractivity contribution in [3.05, 3.63) is 42.0 Å². The van der Waals surface area contributed by atoms with Gasteiger partial charge in [-0.2, -0.15) is 0 Å². The number of fused-ring (bicyclic) bond motifs is 1. The third-order valence-corrected chi connectivity index (χ3v) is 4.80. The van der Waals surface area contributed by atoms with Crippen LogP contribution in [0.2, 0.25) is 0 Å². The van der Waals surface area contributed by atoms with Crippen LogP contribution in [0.5, 0.6) is 5.88 Å². The second-order valence-electron chi connectivity index (χ2n) is 6.14. The summed E-state index contributed by atoms with van der Waals surface area (Å²) in [5, 5.41) is 0. The van der Waals surface area contributed by atoms with Gasteiger partial charge in [0.25, 0.3) is 0 Å². The molecule has 120 valence electrons. The molecule has 4 rings (SSSR count). The van der Waals surface area contributed by atoms with Crippen LogP contribution < -0.4 is 9.64 Å². The first-order valence-electron chi connectivity index (χ1n) is 8.09. The number of nitrogens with zero attached hydrogens (tertiary/aromatic N) is 5. The number of pyridine rings is 1. The largest absolute Gasteiger partial charge is 0.480 e. The zero-order chi connectivity index (χ0) is 15.8. The lowest BCUT2D eigenvalue weighted by Gasteiger charge is -2.21. The van der Waals surface area contributed by atoms with Crippen molar-refractivity contribution in [2.75, 3.05) is 25.1 Å². The molecule has 0 N–H and O–H groups in total. The highest BCUT2D eigenvalue weighted by Gasteiger charge is 2.53. The van der Waals surface area contributed by atoms with Gasteiger partial charge in [-0.25, -0.2) is 9.97 Å². The number of anilines is 1. The van der Waals surface area contributed by atoms with E-state index in [0.717, 1.165) is 37.6 Å². The predicted molar refractivity (Wildman–Crippen MR) is 87.5 cm³/mol. The number of methoxy groups -OCH3 is 1. The van der Waals surface area contributed by atoms with Gasteiger partial charge in [-0.3, -0.25) is 9.88 Å². The van der Waals surface area contributed by atoms with Gasteiger partial charge in [-0.15, -0.1) is 0 Å². The van der Waals surface area contributed by atoms with E-state index >= 15 is 0 Å². The van der Waals surface area contributed by atoms with Gasteiger partial charge < -0.3 is 9.64 Å². The van der Waals surface area contributed by atoms with Crippen LogP contribution in [0.15, 0.2) is 30.7 Å². The van der Waals surface area contributed by atoms with E-state index in [9.17, 15) is 0 Å². The van der Waals surface area contributed by atoms with Gasteiger partial charge in [0.2, 0.25) is 5.88 Å². The van der Waals surface area contributed by atoms with Gasteiger partial charge in [0.15, 0.2) is 0 Å². The highest BCUT2D eigenvalue weighted by atomic mass is 16.5. The summed E-state index contributed by atoms with van der Waals surface area (Å²) >= 11 is 0. The van der Waals surface area contributed by atoms with Gasteiger partial charge >= 0.3 is 0 Å². The summed E-state index contributed by atoms with van der Waals surface area (Å²) in [4.78, 5) is 18.1. The Hall–Kier alpha value is -2.21. The minimum Gasteiger partial charge on any atom is -0.480 e. The molecule has 2 aliphatic heterocycles. The maximum absolute atomic E-state index is 5.04. The van der Waals surface area contributed by atoms with Crippen LogP contribution in [-0.2, 0) is 13.0 Å². The Balaban J connectivity index is 1.34. The minimum absolute atomic E-state index is 0.563. The lowest BCUT2D eigenvalue weighted by Crippen LogP contribution is -2.29. The lowest BCUT2D eigenvalue weighted by atomic mass is 10.2. The van der Waals surface area contributed by atoms with Crippen LogP contribution in [0.3, 0.4) is 0 Å². The molecule has 2 atom stereocenters. The van der Waals surface area contributed by atoms with Crippen molar-refractivity contribution in [2.45, 2.75) is 32.0 Å². The number of rotatable bonds is 5. The van der Waals surface area contributed by atoms with Crippen LogP contribution >= 0.6 is 0 Å². The first-order valence-corrected chi connectivity index (χ1v) is 8.09. The monoisotopic (exact) mass is 311 g/mol. The molecule has 2 aliphatic rings. The molecule has 0 saturated carbocycles. The molecular formula is C17H21N5O. The van der Waals surface area contributed by atoms with E-state index in [-0.39, 0.29) is 0 Å². The molecule has 2 aromatic heterocycles. The van der Waals surface area contributed by atoms with E-state index in [4.69, 9.17) is 4.74 Å². The average molecular weight is 311 g/mol. The smallest absolute Gasteiger partial charge is 0.231 e. The normalized spacial score (nSPS) is 25.3. The number of hydrogen-bond donors (Lipinski definition) is 0. The van der Waals surface area contributed by atoms with E-state index in [0.29, 0.717) is 18.0 Å². The lowest BCUT2D eigenvalue weighted by molar-refractivity contribution is 0.392. The minimum atomic E-state index is 0.563. The van der Waals surface area contributed by atoms with Crippen LogP contribution in [0, 0.1) is 0 Å². The van der Waals surface area contributed by atoms with E-state index in [2.05, 4.69) is 43.8 Å². The quantitative estimate of drug-likeness (QED) is 0.780. The summed E-state index contributed by atoms with van der Waals surface area (Å²) in [6.07, 6.45) is 6.51.